The van der Waals surface area contributed by atoms with Crippen molar-refractivity contribution in [2.45, 2.75) is 19.4 Å². The molecule has 4 heteroatoms. The van der Waals surface area contributed by atoms with Gasteiger partial charge in [-0.25, -0.2) is 0 Å². The largest absolute Gasteiger partial charge is 0.306 e. The molecular formula is C14H15BrINS. The second-order valence-electron chi connectivity index (χ2n) is 4.04. The Morgan fingerprint density at radius 1 is 1.33 bits per heavy atom. The predicted molar refractivity (Wildman–Crippen MR) is 91.3 cm³/mol. The molecule has 96 valence electrons. The highest BCUT2D eigenvalue weighted by Gasteiger charge is 2.19. The summed E-state index contributed by atoms with van der Waals surface area (Å²) in [7, 11) is 0. The van der Waals surface area contributed by atoms with Crippen LogP contribution in [-0.2, 0) is 0 Å². The summed E-state index contributed by atoms with van der Waals surface area (Å²) >= 11 is 7.86. The molecule has 1 aromatic carbocycles. The van der Waals surface area contributed by atoms with Crippen molar-refractivity contribution in [3.63, 3.8) is 0 Å². The molecule has 0 saturated carbocycles. The molecule has 0 bridgehead atoms. The second-order valence-corrected chi connectivity index (χ2v) is 7.01. The Balaban J connectivity index is 2.37. The predicted octanol–water partition coefficient (Wildman–Crippen LogP) is 5.20. The standard InChI is InChI=1S/C14H15BrINS/c1-2-8-17-13(14-11(15)7-9-18-14)10-5-3-4-6-12(10)16/h3-7,9,13,17H,2,8H2,1H3. The Bertz CT molecular complexity index is 512. The number of rotatable bonds is 5. The van der Waals surface area contributed by atoms with Crippen molar-refractivity contribution in [1.29, 1.82) is 0 Å². The zero-order valence-corrected chi connectivity index (χ0v) is 14.7. The van der Waals surface area contributed by atoms with Crippen LogP contribution >= 0.6 is 49.9 Å². The molecule has 0 saturated heterocycles. The highest BCUT2D eigenvalue weighted by Crippen LogP contribution is 2.34. The van der Waals surface area contributed by atoms with E-state index in [1.807, 2.05) is 0 Å². The minimum absolute atomic E-state index is 0.285. The maximum Gasteiger partial charge on any atom is 0.0692 e. The van der Waals surface area contributed by atoms with Crippen LogP contribution in [0.2, 0.25) is 0 Å². The minimum Gasteiger partial charge on any atom is -0.306 e. The maximum absolute atomic E-state index is 3.65. The highest BCUT2D eigenvalue weighted by atomic mass is 127. The third-order valence-corrected chi connectivity index (χ3v) is 5.64. The van der Waals surface area contributed by atoms with Crippen molar-refractivity contribution >= 4 is 49.9 Å². The van der Waals surface area contributed by atoms with E-state index >= 15 is 0 Å². The smallest absolute Gasteiger partial charge is 0.0692 e. The molecule has 1 unspecified atom stereocenters. The van der Waals surface area contributed by atoms with Gasteiger partial charge in [0.2, 0.25) is 0 Å². The summed E-state index contributed by atoms with van der Waals surface area (Å²) in [5.41, 5.74) is 1.36. The first-order valence-corrected chi connectivity index (χ1v) is 8.70. The lowest BCUT2D eigenvalue weighted by molar-refractivity contribution is 0.602. The second kappa shape index (κ2) is 7.03. The molecule has 0 spiro atoms. The molecule has 1 nitrogen and oxygen atoms in total. The van der Waals surface area contributed by atoms with Crippen LogP contribution in [0.4, 0.5) is 0 Å². The highest BCUT2D eigenvalue weighted by molar-refractivity contribution is 14.1. The van der Waals surface area contributed by atoms with E-state index < -0.39 is 0 Å². The lowest BCUT2D eigenvalue weighted by Gasteiger charge is -2.19. The Morgan fingerprint density at radius 2 is 2.11 bits per heavy atom. The molecule has 1 atom stereocenters. The van der Waals surface area contributed by atoms with Gasteiger partial charge in [-0.1, -0.05) is 25.1 Å². The van der Waals surface area contributed by atoms with Gasteiger partial charge in [-0.3, -0.25) is 0 Å². The summed E-state index contributed by atoms with van der Waals surface area (Å²) in [5, 5.41) is 5.78. The summed E-state index contributed by atoms with van der Waals surface area (Å²) in [4.78, 5) is 1.35. The van der Waals surface area contributed by atoms with Gasteiger partial charge in [-0.2, -0.15) is 0 Å². The minimum atomic E-state index is 0.285. The van der Waals surface area contributed by atoms with E-state index in [-0.39, 0.29) is 6.04 Å². The Labute approximate surface area is 134 Å². The van der Waals surface area contributed by atoms with Crippen LogP contribution < -0.4 is 5.32 Å². The van der Waals surface area contributed by atoms with Crippen LogP contribution in [0.25, 0.3) is 0 Å². The number of hydrogen-bond acceptors (Lipinski definition) is 2. The Kier molecular flexibility index (Phi) is 5.66. The van der Waals surface area contributed by atoms with Crippen LogP contribution in [0.3, 0.4) is 0 Å². The Morgan fingerprint density at radius 3 is 2.72 bits per heavy atom. The lowest BCUT2D eigenvalue weighted by Crippen LogP contribution is -2.23. The van der Waals surface area contributed by atoms with Crippen molar-refractivity contribution in [3.05, 3.63) is 54.2 Å². The molecule has 18 heavy (non-hydrogen) atoms. The van der Waals surface area contributed by atoms with E-state index in [1.165, 1.54) is 18.5 Å². The fraction of sp³-hybridized carbons (Fsp3) is 0.286. The molecule has 0 amide bonds. The van der Waals surface area contributed by atoms with Crippen LogP contribution in [-0.4, -0.2) is 6.54 Å². The van der Waals surface area contributed by atoms with E-state index in [9.17, 15) is 0 Å². The lowest BCUT2D eigenvalue weighted by atomic mass is 10.1. The number of halogens is 2. The van der Waals surface area contributed by atoms with Gasteiger partial charge in [-0.15, -0.1) is 11.3 Å². The molecule has 2 rings (SSSR count). The molecule has 0 aliphatic heterocycles. The fourth-order valence-electron chi connectivity index (χ4n) is 1.85. The first-order chi connectivity index (χ1) is 8.74. The molecule has 2 aromatic rings. The number of hydrogen-bond donors (Lipinski definition) is 1. The van der Waals surface area contributed by atoms with Gasteiger partial charge in [0.15, 0.2) is 0 Å². The third-order valence-electron chi connectivity index (χ3n) is 2.72. The number of nitrogens with one attached hydrogen (secondary N) is 1. The topological polar surface area (TPSA) is 12.0 Å². The first-order valence-electron chi connectivity index (χ1n) is 5.94. The molecule has 0 aliphatic carbocycles. The van der Waals surface area contributed by atoms with E-state index in [2.05, 4.69) is 86.5 Å². The molecule has 1 aromatic heterocycles. The van der Waals surface area contributed by atoms with Crippen molar-refractivity contribution < 1.29 is 0 Å². The van der Waals surface area contributed by atoms with E-state index in [0.29, 0.717) is 0 Å². The van der Waals surface area contributed by atoms with Crippen LogP contribution in [0.15, 0.2) is 40.2 Å². The monoisotopic (exact) mass is 435 g/mol. The normalized spacial score (nSPS) is 12.6. The van der Waals surface area contributed by atoms with Gasteiger partial charge < -0.3 is 5.32 Å². The van der Waals surface area contributed by atoms with Gasteiger partial charge in [0, 0.05) is 12.9 Å². The van der Waals surface area contributed by atoms with Gasteiger partial charge in [-0.05, 0) is 74.6 Å². The summed E-state index contributed by atoms with van der Waals surface area (Å²) < 4.78 is 2.50. The summed E-state index contributed by atoms with van der Waals surface area (Å²) in [5.74, 6) is 0. The first kappa shape index (κ1) is 14.5. The van der Waals surface area contributed by atoms with E-state index in [0.717, 1.165) is 13.0 Å². The van der Waals surface area contributed by atoms with Crippen molar-refractivity contribution in [3.8, 4) is 0 Å². The molecule has 0 radical (unpaired) electrons. The molecule has 0 fully saturated rings. The zero-order valence-electron chi connectivity index (χ0n) is 10.1. The molecule has 1 heterocycles. The zero-order chi connectivity index (χ0) is 13.0. The van der Waals surface area contributed by atoms with Crippen molar-refractivity contribution in [1.82, 2.24) is 5.32 Å². The average molecular weight is 436 g/mol. The number of thiophene rings is 1. The summed E-state index contributed by atoms with van der Waals surface area (Å²) in [6.45, 7) is 3.23. The Hall–Kier alpha value is 0.0900. The quantitative estimate of drug-likeness (QED) is 0.636. The molecular weight excluding hydrogens is 421 g/mol. The maximum atomic E-state index is 3.65. The van der Waals surface area contributed by atoms with E-state index in [1.54, 1.807) is 11.3 Å². The SMILES string of the molecule is CCCNC(c1ccccc1I)c1sccc1Br. The van der Waals surface area contributed by atoms with E-state index in [4.69, 9.17) is 0 Å². The van der Waals surface area contributed by atoms with Crippen molar-refractivity contribution in [2.24, 2.45) is 0 Å². The molecule has 1 N–H and O–H groups in total. The van der Waals surface area contributed by atoms with Crippen LogP contribution in [0.5, 0.6) is 0 Å². The van der Waals surface area contributed by atoms with Crippen molar-refractivity contribution in [2.75, 3.05) is 6.54 Å². The average Bonchev–Trinajstić information content (AvgIpc) is 2.78. The summed E-state index contributed by atoms with van der Waals surface area (Å²) in [6, 6.07) is 11.0. The summed E-state index contributed by atoms with van der Waals surface area (Å²) in [6.07, 6.45) is 1.14. The van der Waals surface area contributed by atoms with Gasteiger partial charge in [0.25, 0.3) is 0 Å². The third kappa shape index (κ3) is 3.35. The van der Waals surface area contributed by atoms with Gasteiger partial charge in [0.1, 0.15) is 0 Å². The van der Waals surface area contributed by atoms with Gasteiger partial charge >= 0.3 is 0 Å². The number of benzene rings is 1. The van der Waals surface area contributed by atoms with Crippen LogP contribution in [0, 0.1) is 3.57 Å². The fourth-order valence-corrected chi connectivity index (χ4v) is 4.25. The van der Waals surface area contributed by atoms with Gasteiger partial charge in [0.05, 0.1) is 6.04 Å². The van der Waals surface area contributed by atoms with Crippen LogP contribution in [0.1, 0.15) is 29.8 Å². The molecule has 0 aliphatic rings.